The number of benzene rings is 2. The molecule has 2 aromatic carbocycles. The number of aromatic nitrogens is 2. The van der Waals surface area contributed by atoms with Gasteiger partial charge in [0.25, 0.3) is 11.5 Å². The van der Waals surface area contributed by atoms with Crippen LogP contribution in [-0.4, -0.2) is 15.5 Å². The van der Waals surface area contributed by atoms with Crippen molar-refractivity contribution in [3.05, 3.63) is 76.8 Å². The van der Waals surface area contributed by atoms with Crippen LogP contribution in [0, 0.1) is 5.92 Å². The maximum absolute atomic E-state index is 13.0. The second-order valence-electron chi connectivity index (χ2n) is 7.17. The predicted molar refractivity (Wildman–Crippen MR) is 109 cm³/mol. The average molecular weight is 359 g/mol. The van der Waals surface area contributed by atoms with E-state index in [-0.39, 0.29) is 11.5 Å². The smallest absolute Gasteiger partial charge is 0.258 e. The molecular formula is C22H21N3O2. The Morgan fingerprint density at radius 1 is 1.11 bits per heavy atom. The number of anilines is 1. The SMILES string of the molecule is CC(C)Cn1cc(C(=O)Nc2ccc3[nH]ccc3c2)c2ccccc2c1=O. The third-order valence-corrected chi connectivity index (χ3v) is 4.61. The summed E-state index contributed by atoms with van der Waals surface area (Å²) in [6.07, 6.45) is 3.54. The summed E-state index contributed by atoms with van der Waals surface area (Å²) >= 11 is 0. The minimum atomic E-state index is -0.224. The first-order valence-corrected chi connectivity index (χ1v) is 9.03. The van der Waals surface area contributed by atoms with Crippen LogP contribution in [0.5, 0.6) is 0 Å². The number of carbonyl (C=O) groups is 1. The summed E-state index contributed by atoms with van der Waals surface area (Å²) in [5.41, 5.74) is 2.17. The highest BCUT2D eigenvalue weighted by atomic mass is 16.2. The molecule has 0 aliphatic carbocycles. The molecule has 0 bridgehead atoms. The maximum Gasteiger partial charge on any atom is 0.258 e. The summed E-state index contributed by atoms with van der Waals surface area (Å²) in [5.74, 6) is 0.0781. The lowest BCUT2D eigenvalue weighted by molar-refractivity contribution is 0.102. The molecule has 4 aromatic rings. The molecule has 0 aliphatic rings. The Bertz CT molecular complexity index is 1200. The zero-order valence-corrected chi connectivity index (χ0v) is 15.3. The van der Waals surface area contributed by atoms with Gasteiger partial charge >= 0.3 is 0 Å². The first-order valence-electron chi connectivity index (χ1n) is 9.03. The molecule has 2 N–H and O–H groups in total. The molecular weight excluding hydrogens is 338 g/mol. The molecule has 5 heteroatoms. The lowest BCUT2D eigenvalue weighted by atomic mass is 10.1. The van der Waals surface area contributed by atoms with Crippen LogP contribution in [0.2, 0.25) is 0 Å². The number of aromatic amines is 1. The second-order valence-corrected chi connectivity index (χ2v) is 7.17. The zero-order chi connectivity index (χ0) is 19.0. The Labute approximate surface area is 156 Å². The fraction of sp³-hybridized carbons (Fsp3) is 0.182. The lowest BCUT2D eigenvalue weighted by Gasteiger charge is -2.14. The van der Waals surface area contributed by atoms with Crippen LogP contribution < -0.4 is 10.9 Å². The van der Waals surface area contributed by atoms with Gasteiger partial charge in [-0.25, -0.2) is 0 Å². The highest BCUT2D eigenvalue weighted by Crippen LogP contribution is 2.21. The van der Waals surface area contributed by atoms with Crippen molar-refractivity contribution in [3.63, 3.8) is 0 Å². The molecule has 0 saturated carbocycles. The molecule has 0 spiro atoms. The van der Waals surface area contributed by atoms with Crippen LogP contribution in [0.3, 0.4) is 0 Å². The van der Waals surface area contributed by atoms with Crippen LogP contribution >= 0.6 is 0 Å². The van der Waals surface area contributed by atoms with Gasteiger partial charge < -0.3 is 14.9 Å². The minimum Gasteiger partial charge on any atom is -0.361 e. The van der Waals surface area contributed by atoms with E-state index >= 15 is 0 Å². The molecule has 27 heavy (non-hydrogen) atoms. The molecule has 136 valence electrons. The van der Waals surface area contributed by atoms with Crippen molar-refractivity contribution in [2.45, 2.75) is 20.4 Å². The molecule has 0 fully saturated rings. The van der Waals surface area contributed by atoms with Gasteiger partial charge in [-0.2, -0.15) is 0 Å². The standard InChI is InChI=1S/C22H21N3O2/c1-14(2)12-25-13-19(17-5-3-4-6-18(17)22(25)27)21(26)24-16-7-8-20-15(11-16)9-10-23-20/h3-11,13-14,23H,12H2,1-2H3,(H,24,26). The molecule has 0 radical (unpaired) electrons. The van der Waals surface area contributed by atoms with Gasteiger partial charge in [-0.3, -0.25) is 9.59 Å². The largest absolute Gasteiger partial charge is 0.361 e. The van der Waals surface area contributed by atoms with E-state index in [0.29, 0.717) is 28.8 Å². The first-order chi connectivity index (χ1) is 13.0. The average Bonchev–Trinajstić information content (AvgIpc) is 3.11. The fourth-order valence-corrected chi connectivity index (χ4v) is 3.38. The Morgan fingerprint density at radius 3 is 2.67 bits per heavy atom. The molecule has 4 rings (SSSR count). The van der Waals surface area contributed by atoms with Crippen molar-refractivity contribution in [1.29, 1.82) is 0 Å². The van der Waals surface area contributed by atoms with Crippen molar-refractivity contribution in [3.8, 4) is 0 Å². The number of H-pyrrole nitrogens is 1. The van der Waals surface area contributed by atoms with Crippen LogP contribution in [0.15, 0.2) is 65.7 Å². The molecule has 0 aliphatic heterocycles. The van der Waals surface area contributed by atoms with Crippen molar-refractivity contribution >= 4 is 33.3 Å². The summed E-state index contributed by atoms with van der Waals surface area (Å²) in [4.78, 5) is 28.9. The van der Waals surface area contributed by atoms with Crippen LogP contribution in [0.1, 0.15) is 24.2 Å². The Hall–Kier alpha value is -3.34. The van der Waals surface area contributed by atoms with Crippen molar-refractivity contribution in [2.24, 2.45) is 5.92 Å². The number of fused-ring (bicyclic) bond motifs is 2. The third kappa shape index (κ3) is 3.24. The van der Waals surface area contributed by atoms with E-state index in [2.05, 4.69) is 10.3 Å². The highest BCUT2D eigenvalue weighted by molar-refractivity contribution is 6.12. The fourth-order valence-electron chi connectivity index (χ4n) is 3.38. The number of pyridine rings is 1. The Kier molecular flexibility index (Phi) is 4.28. The van der Waals surface area contributed by atoms with Crippen molar-refractivity contribution in [1.82, 2.24) is 9.55 Å². The van der Waals surface area contributed by atoms with Gasteiger partial charge in [0.1, 0.15) is 0 Å². The summed E-state index contributed by atoms with van der Waals surface area (Å²) in [6.45, 7) is 4.67. The van der Waals surface area contributed by atoms with E-state index in [1.807, 2.05) is 62.5 Å². The molecule has 0 atom stereocenters. The number of carbonyl (C=O) groups excluding carboxylic acids is 1. The van der Waals surface area contributed by atoms with E-state index in [4.69, 9.17) is 0 Å². The number of hydrogen-bond acceptors (Lipinski definition) is 2. The van der Waals surface area contributed by atoms with E-state index in [0.717, 1.165) is 16.6 Å². The summed E-state index contributed by atoms with van der Waals surface area (Å²) in [6, 6.07) is 14.9. The third-order valence-electron chi connectivity index (χ3n) is 4.61. The number of nitrogens with zero attached hydrogens (tertiary/aromatic N) is 1. The van der Waals surface area contributed by atoms with Gasteiger partial charge in [0.05, 0.1) is 5.56 Å². The second kappa shape index (κ2) is 6.76. The van der Waals surface area contributed by atoms with Gasteiger partial charge in [0.2, 0.25) is 0 Å². The zero-order valence-electron chi connectivity index (χ0n) is 15.3. The van der Waals surface area contributed by atoms with E-state index < -0.39 is 0 Å². The van der Waals surface area contributed by atoms with Gasteiger partial charge in [-0.15, -0.1) is 0 Å². The summed E-state index contributed by atoms with van der Waals surface area (Å²) in [5, 5.41) is 5.23. The quantitative estimate of drug-likeness (QED) is 0.567. The Morgan fingerprint density at radius 2 is 1.89 bits per heavy atom. The lowest BCUT2D eigenvalue weighted by Crippen LogP contribution is -2.25. The van der Waals surface area contributed by atoms with Crippen LogP contribution in [0.4, 0.5) is 5.69 Å². The van der Waals surface area contributed by atoms with Gasteiger partial charge in [0.15, 0.2) is 0 Å². The highest BCUT2D eigenvalue weighted by Gasteiger charge is 2.15. The van der Waals surface area contributed by atoms with Crippen LogP contribution in [0.25, 0.3) is 21.7 Å². The first kappa shape index (κ1) is 17.1. The van der Waals surface area contributed by atoms with E-state index in [1.54, 1.807) is 16.8 Å². The number of nitrogens with one attached hydrogen (secondary N) is 2. The molecule has 0 saturated heterocycles. The molecule has 1 amide bonds. The van der Waals surface area contributed by atoms with Crippen LogP contribution in [-0.2, 0) is 6.54 Å². The van der Waals surface area contributed by atoms with E-state index in [9.17, 15) is 9.59 Å². The molecule has 0 unspecified atom stereocenters. The molecule has 2 heterocycles. The number of rotatable bonds is 4. The van der Waals surface area contributed by atoms with Gasteiger partial charge in [0, 0.05) is 46.3 Å². The minimum absolute atomic E-state index is 0.0652. The number of hydrogen-bond donors (Lipinski definition) is 2. The van der Waals surface area contributed by atoms with Crippen molar-refractivity contribution < 1.29 is 4.79 Å². The van der Waals surface area contributed by atoms with Gasteiger partial charge in [-0.1, -0.05) is 32.0 Å². The topological polar surface area (TPSA) is 66.9 Å². The van der Waals surface area contributed by atoms with Crippen molar-refractivity contribution in [2.75, 3.05) is 5.32 Å². The summed E-state index contributed by atoms with van der Waals surface area (Å²) in [7, 11) is 0. The van der Waals surface area contributed by atoms with Gasteiger partial charge in [-0.05, 0) is 36.2 Å². The monoisotopic (exact) mass is 359 g/mol. The maximum atomic E-state index is 13.0. The molecule has 5 nitrogen and oxygen atoms in total. The summed E-state index contributed by atoms with van der Waals surface area (Å²) < 4.78 is 1.64. The molecule has 2 aromatic heterocycles. The van der Waals surface area contributed by atoms with E-state index in [1.165, 1.54) is 0 Å². The number of amides is 1. The Balaban J connectivity index is 1.78. The normalized spacial score (nSPS) is 11.4. The predicted octanol–water partition coefficient (Wildman–Crippen LogP) is 4.39.